The number of aliphatic carboxylic acids is 1. The van der Waals surface area contributed by atoms with E-state index in [1.54, 1.807) is 4.68 Å². The van der Waals surface area contributed by atoms with Gasteiger partial charge in [0.15, 0.2) is 0 Å². The number of rotatable bonds is 5. The van der Waals surface area contributed by atoms with E-state index in [0.29, 0.717) is 6.42 Å². The Labute approximate surface area is 135 Å². The van der Waals surface area contributed by atoms with Crippen LogP contribution < -0.4 is 4.90 Å². The van der Waals surface area contributed by atoms with Gasteiger partial charge in [0.1, 0.15) is 0 Å². The second kappa shape index (κ2) is 6.81. The predicted molar refractivity (Wildman–Crippen MR) is 88.1 cm³/mol. The molecule has 1 aromatic carbocycles. The van der Waals surface area contributed by atoms with Crippen LogP contribution in [0.3, 0.4) is 0 Å². The summed E-state index contributed by atoms with van der Waals surface area (Å²) in [6.45, 7) is 4.18. The Kier molecular flexibility index (Phi) is 4.60. The lowest BCUT2D eigenvalue weighted by atomic mass is 10.1. The van der Waals surface area contributed by atoms with Crippen LogP contribution in [0.5, 0.6) is 0 Å². The number of hydrogen-bond acceptors (Lipinski definition) is 4. The fourth-order valence-corrected chi connectivity index (χ4v) is 3.02. The maximum absolute atomic E-state index is 10.7. The molecule has 0 atom stereocenters. The predicted octanol–water partition coefficient (Wildman–Crippen LogP) is 2.58. The zero-order valence-corrected chi connectivity index (χ0v) is 13.4. The summed E-state index contributed by atoms with van der Waals surface area (Å²) in [6.07, 6.45) is 4.33. The molecule has 0 aliphatic carbocycles. The molecule has 2 heterocycles. The summed E-state index contributed by atoms with van der Waals surface area (Å²) < 4.78 is 1.77. The Hall–Kier alpha value is -2.37. The molecule has 0 saturated carbocycles. The van der Waals surface area contributed by atoms with Crippen molar-refractivity contribution in [1.82, 2.24) is 15.0 Å². The first-order chi connectivity index (χ1) is 11.1. The van der Waals surface area contributed by atoms with Crippen molar-refractivity contribution in [2.75, 3.05) is 18.0 Å². The Morgan fingerprint density at radius 3 is 2.43 bits per heavy atom. The molecule has 3 rings (SSSR count). The van der Waals surface area contributed by atoms with Gasteiger partial charge in [-0.1, -0.05) is 5.21 Å². The van der Waals surface area contributed by atoms with Gasteiger partial charge in [0.25, 0.3) is 0 Å². The van der Waals surface area contributed by atoms with E-state index in [-0.39, 0.29) is 6.42 Å². The van der Waals surface area contributed by atoms with E-state index in [2.05, 4.69) is 27.3 Å². The third-order valence-corrected chi connectivity index (χ3v) is 4.38. The molecule has 1 N–H and O–H groups in total. The number of piperidine rings is 1. The Morgan fingerprint density at radius 1 is 1.13 bits per heavy atom. The summed E-state index contributed by atoms with van der Waals surface area (Å²) in [5.74, 6) is -0.815. The minimum absolute atomic E-state index is 0.0768. The van der Waals surface area contributed by atoms with Gasteiger partial charge in [0, 0.05) is 25.2 Å². The van der Waals surface area contributed by atoms with Crippen molar-refractivity contribution in [3.8, 4) is 5.69 Å². The monoisotopic (exact) mass is 314 g/mol. The lowest BCUT2D eigenvalue weighted by Gasteiger charge is -2.28. The van der Waals surface area contributed by atoms with E-state index in [0.717, 1.165) is 30.2 Å². The van der Waals surface area contributed by atoms with Crippen LogP contribution in [0.15, 0.2) is 24.3 Å². The molecule has 0 spiro atoms. The molecule has 6 heteroatoms. The molecular weight excluding hydrogens is 292 g/mol. The van der Waals surface area contributed by atoms with Crippen LogP contribution in [0.4, 0.5) is 5.69 Å². The minimum Gasteiger partial charge on any atom is -0.481 e. The van der Waals surface area contributed by atoms with Crippen LogP contribution >= 0.6 is 0 Å². The molecular formula is C17H22N4O2. The molecule has 1 fully saturated rings. The molecule has 1 aliphatic heterocycles. The third kappa shape index (κ3) is 3.52. The van der Waals surface area contributed by atoms with E-state index in [1.807, 2.05) is 19.1 Å². The van der Waals surface area contributed by atoms with Crippen LogP contribution in [-0.2, 0) is 11.2 Å². The van der Waals surface area contributed by atoms with Crippen molar-refractivity contribution >= 4 is 11.7 Å². The normalized spacial score (nSPS) is 14.9. The van der Waals surface area contributed by atoms with Gasteiger partial charge in [-0.3, -0.25) is 4.79 Å². The topological polar surface area (TPSA) is 71.2 Å². The maximum atomic E-state index is 10.7. The first kappa shape index (κ1) is 15.5. The highest BCUT2D eigenvalue weighted by Crippen LogP contribution is 2.22. The molecule has 122 valence electrons. The molecule has 2 aromatic rings. The minimum atomic E-state index is -0.815. The second-order valence-electron chi connectivity index (χ2n) is 5.99. The molecule has 0 unspecified atom stereocenters. The van der Waals surface area contributed by atoms with Crippen molar-refractivity contribution in [3.05, 3.63) is 35.7 Å². The number of carboxylic acids is 1. The molecule has 6 nitrogen and oxygen atoms in total. The highest BCUT2D eigenvalue weighted by atomic mass is 16.4. The number of aromatic nitrogens is 3. The number of carbonyl (C=O) groups is 1. The maximum Gasteiger partial charge on any atom is 0.303 e. The number of anilines is 1. The third-order valence-electron chi connectivity index (χ3n) is 4.38. The molecule has 1 saturated heterocycles. The van der Waals surface area contributed by atoms with E-state index < -0.39 is 5.97 Å². The lowest BCUT2D eigenvalue weighted by Crippen LogP contribution is -2.29. The molecule has 1 aromatic heterocycles. The average molecular weight is 314 g/mol. The fraction of sp³-hybridized carbons (Fsp3) is 0.471. The zero-order chi connectivity index (χ0) is 16.2. The van der Waals surface area contributed by atoms with Gasteiger partial charge in [0.2, 0.25) is 0 Å². The number of benzene rings is 1. The quantitative estimate of drug-likeness (QED) is 0.918. The van der Waals surface area contributed by atoms with E-state index in [9.17, 15) is 4.79 Å². The number of hydrogen-bond donors (Lipinski definition) is 1. The fourth-order valence-electron chi connectivity index (χ4n) is 3.02. The van der Waals surface area contributed by atoms with Gasteiger partial charge >= 0.3 is 5.97 Å². The van der Waals surface area contributed by atoms with Crippen LogP contribution in [-0.4, -0.2) is 39.2 Å². The van der Waals surface area contributed by atoms with Gasteiger partial charge in [-0.15, -0.1) is 5.10 Å². The number of aryl methyl sites for hydroxylation is 1. The smallest absolute Gasteiger partial charge is 0.303 e. The van der Waals surface area contributed by atoms with Crippen molar-refractivity contribution in [2.45, 2.75) is 39.0 Å². The van der Waals surface area contributed by atoms with Crippen LogP contribution in [0.2, 0.25) is 0 Å². The van der Waals surface area contributed by atoms with Crippen molar-refractivity contribution in [3.63, 3.8) is 0 Å². The summed E-state index contributed by atoms with van der Waals surface area (Å²) in [5.41, 5.74) is 3.85. The Bertz CT molecular complexity index is 672. The summed E-state index contributed by atoms with van der Waals surface area (Å²) in [7, 11) is 0. The first-order valence-corrected chi connectivity index (χ1v) is 8.13. The lowest BCUT2D eigenvalue weighted by molar-refractivity contribution is -0.136. The molecule has 0 amide bonds. The average Bonchev–Trinajstić information content (AvgIpc) is 2.95. The summed E-state index contributed by atoms with van der Waals surface area (Å²) in [6, 6.07) is 8.34. The SMILES string of the molecule is Cc1c(CCC(=O)O)nnn1-c1ccc(N2CCCCC2)cc1. The highest BCUT2D eigenvalue weighted by molar-refractivity contribution is 5.67. The summed E-state index contributed by atoms with van der Waals surface area (Å²) >= 11 is 0. The second-order valence-corrected chi connectivity index (χ2v) is 5.99. The summed E-state index contributed by atoms with van der Waals surface area (Å²) in [5, 5.41) is 17.1. The largest absolute Gasteiger partial charge is 0.481 e. The highest BCUT2D eigenvalue weighted by Gasteiger charge is 2.13. The van der Waals surface area contributed by atoms with Crippen LogP contribution in [0, 0.1) is 6.92 Å². The van der Waals surface area contributed by atoms with Crippen molar-refractivity contribution in [2.24, 2.45) is 0 Å². The van der Waals surface area contributed by atoms with Crippen LogP contribution in [0.1, 0.15) is 37.1 Å². The van der Waals surface area contributed by atoms with Gasteiger partial charge in [-0.05, 0) is 50.5 Å². The van der Waals surface area contributed by atoms with Gasteiger partial charge in [0.05, 0.1) is 23.5 Å². The molecule has 0 radical (unpaired) electrons. The van der Waals surface area contributed by atoms with Gasteiger partial charge in [-0.25, -0.2) is 4.68 Å². The van der Waals surface area contributed by atoms with E-state index in [4.69, 9.17) is 5.11 Å². The number of nitrogens with zero attached hydrogens (tertiary/aromatic N) is 4. The Morgan fingerprint density at radius 2 is 1.78 bits per heavy atom. The molecule has 23 heavy (non-hydrogen) atoms. The first-order valence-electron chi connectivity index (χ1n) is 8.13. The van der Waals surface area contributed by atoms with Crippen molar-refractivity contribution in [1.29, 1.82) is 0 Å². The molecule has 0 bridgehead atoms. The van der Waals surface area contributed by atoms with Crippen molar-refractivity contribution < 1.29 is 9.90 Å². The van der Waals surface area contributed by atoms with E-state index in [1.165, 1.54) is 24.9 Å². The van der Waals surface area contributed by atoms with E-state index >= 15 is 0 Å². The number of carboxylic acid groups (broad SMARTS) is 1. The van der Waals surface area contributed by atoms with Crippen LogP contribution in [0.25, 0.3) is 5.69 Å². The van der Waals surface area contributed by atoms with Gasteiger partial charge in [-0.2, -0.15) is 0 Å². The Balaban J connectivity index is 1.75. The standard InChI is InChI=1S/C17H22N4O2/c1-13-16(9-10-17(22)23)18-19-21(13)15-7-5-14(6-8-15)20-11-3-2-4-12-20/h5-8H,2-4,9-12H2,1H3,(H,22,23). The summed E-state index contributed by atoms with van der Waals surface area (Å²) in [4.78, 5) is 13.1. The molecule has 1 aliphatic rings. The van der Waals surface area contributed by atoms with Gasteiger partial charge < -0.3 is 10.0 Å². The zero-order valence-electron chi connectivity index (χ0n) is 13.4.